The van der Waals surface area contributed by atoms with E-state index in [2.05, 4.69) is 15.8 Å². The second-order valence-electron chi connectivity index (χ2n) is 6.38. The number of hydrazone groups is 1. The van der Waals surface area contributed by atoms with Gasteiger partial charge in [-0.2, -0.15) is 5.10 Å². The number of amides is 2. The molecule has 0 aliphatic heterocycles. The molecule has 2 amide bonds. The van der Waals surface area contributed by atoms with E-state index in [4.69, 9.17) is 23.2 Å². The number of nitrogens with one attached hydrogen (secondary N) is 2. The van der Waals surface area contributed by atoms with Crippen LogP contribution in [0.1, 0.15) is 15.3 Å². The second kappa shape index (κ2) is 9.61. The maximum atomic E-state index is 12.3. The van der Waals surface area contributed by atoms with Crippen molar-refractivity contribution < 1.29 is 13.2 Å². The summed E-state index contributed by atoms with van der Waals surface area (Å²) < 4.78 is 23.2. The molecule has 3 rings (SSSR count). The Bertz CT molecular complexity index is 1170. The summed E-state index contributed by atoms with van der Waals surface area (Å²) in [6.45, 7) is 0. The molecule has 156 valence electrons. The van der Waals surface area contributed by atoms with Crippen molar-refractivity contribution in [3.05, 3.63) is 86.0 Å². The maximum Gasteiger partial charge on any atom is 0.339 e. The fourth-order valence-corrected chi connectivity index (χ4v) is 5.07. The summed E-state index contributed by atoms with van der Waals surface area (Å²) in [6, 6.07) is 16.6. The Morgan fingerprint density at radius 3 is 2.17 bits per heavy atom. The number of anilines is 1. The van der Waals surface area contributed by atoms with Crippen LogP contribution >= 0.6 is 34.5 Å². The predicted octanol–water partition coefficient (Wildman–Crippen LogP) is 5.17. The Morgan fingerprint density at radius 1 is 0.967 bits per heavy atom. The van der Waals surface area contributed by atoms with Gasteiger partial charge in [0.05, 0.1) is 10.6 Å². The number of benzene rings is 2. The number of halogens is 2. The number of carbonyl (C=O) groups is 1. The molecule has 1 heterocycles. The van der Waals surface area contributed by atoms with Crippen molar-refractivity contribution in [2.75, 3.05) is 11.6 Å². The van der Waals surface area contributed by atoms with Crippen LogP contribution in [0.25, 0.3) is 0 Å². The lowest BCUT2D eigenvalue weighted by atomic mass is 10.1. The minimum absolute atomic E-state index is 0.0595. The quantitative estimate of drug-likeness (QED) is 0.375. The molecular weight excluding hydrogens is 465 g/mol. The van der Waals surface area contributed by atoms with Gasteiger partial charge in [0.15, 0.2) is 9.84 Å². The SMILES string of the molecule is CS(=O)(=O)Cc1ccc(C(=NNC(=O)Nc2ccc(Cl)cc2)c2ccc(Cl)cc2)s1. The second-order valence-corrected chi connectivity index (χ2v) is 10.6. The zero-order valence-corrected chi connectivity index (χ0v) is 18.9. The molecule has 0 radical (unpaired) electrons. The summed E-state index contributed by atoms with van der Waals surface area (Å²) in [5.41, 5.74) is 4.25. The highest BCUT2D eigenvalue weighted by Crippen LogP contribution is 2.23. The summed E-state index contributed by atoms with van der Waals surface area (Å²) in [5.74, 6) is -0.0595. The predicted molar refractivity (Wildman–Crippen MR) is 124 cm³/mol. The van der Waals surface area contributed by atoms with Gasteiger partial charge in [0, 0.05) is 32.4 Å². The standard InChI is InChI=1S/C20H17Cl2N3O3S2/c1-30(27,28)12-17-10-11-18(29-17)19(13-2-4-14(21)5-3-13)24-25-20(26)23-16-8-6-15(22)7-9-16/h2-11H,12H2,1H3,(H2,23,25,26). The number of hydrogen-bond donors (Lipinski definition) is 2. The monoisotopic (exact) mass is 481 g/mol. The van der Waals surface area contributed by atoms with E-state index < -0.39 is 15.9 Å². The number of thiophene rings is 1. The third-order valence-corrected chi connectivity index (χ3v) is 6.40. The average molecular weight is 482 g/mol. The first-order chi connectivity index (χ1) is 14.2. The molecule has 10 heteroatoms. The third kappa shape index (κ3) is 6.56. The van der Waals surface area contributed by atoms with Crippen LogP contribution in [0.15, 0.2) is 65.8 Å². The number of nitrogens with zero attached hydrogens (tertiary/aromatic N) is 1. The van der Waals surface area contributed by atoms with Crippen LogP contribution < -0.4 is 10.7 Å². The van der Waals surface area contributed by atoms with Gasteiger partial charge in [0.2, 0.25) is 0 Å². The van der Waals surface area contributed by atoms with Crippen LogP contribution in [0.4, 0.5) is 10.5 Å². The van der Waals surface area contributed by atoms with Crippen molar-refractivity contribution in [3.8, 4) is 0 Å². The molecule has 0 spiro atoms. The highest BCUT2D eigenvalue weighted by molar-refractivity contribution is 7.90. The largest absolute Gasteiger partial charge is 0.339 e. The normalized spacial score (nSPS) is 11.9. The van der Waals surface area contributed by atoms with Crippen molar-refractivity contribution in [1.82, 2.24) is 5.43 Å². The van der Waals surface area contributed by atoms with Crippen molar-refractivity contribution in [2.45, 2.75) is 5.75 Å². The number of rotatable bonds is 6. The van der Waals surface area contributed by atoms with Crippen molar-refractivity contribution in [2.24, 2.45) is 5.10 Å². The van der Waals surface area contributed by atoms with E-state index >= 15 is 0 Å². The molecule has 6 nitrogen and oxygen atoms in total. The molecular formula is C20H17Cl2N3O3S2. The summed E-state index contributed by atoms with van der Waals surface area (Å²) in [6.07, 6.45) is 1.18. The smallest absolute Gasteiger partial charge is 0.307 e. The van der Waals surface area contributed by atoms with E-state index in [1.54, 1.807) is 60.7 Å². The topological polar surface area (TPSA) is 87.6 Å². The van der Waals surface area contributed by atoms with Crippen LogP contribution in [0, 0.1) is 0 Å². The summed E-state index contributed by atoms with van der Waals surface area (Å²) in [7, 11) is -3.16. The van der Waals surface area contributed by atoms with Gasteiger partial charge in [0.25, 0.3) is 0 Å². The fourth-order valence-electron chi connectivity index (χ4n) is 2.51. The number of sulfone groups is 1. The molecule has 2 N–H and O–H groups in total. The van der Waals surface area contributed by atoms with E-state index in [0.29, 0.717) is 31.2 Å². The number of hydrogen-bond acceptors (Lipinski definition) is 5. The fraction of sp³-hybridized carbons (Fsp3) is 0.100. The molecule has 0 saturated carbocycles. The van der Waals surface area contributed by atoms with Gasteiger partial charge < -0.3 is 5.32 Å². The zero-order valence-electron chi connectivity index (χ0n) is 15.7. The summed E-state index contributed by atoms with van der Waals surface area (Å²) in [4.78, 5) is 13.6. The van der Waals surface area contributed by atoms with Gasteiger partial charge in [-0.25, -0.2) is 18.6 Å². The van der Waals surface area contributed by atoms with Gasteiger partial charge in [-0.3, -0.25) is 0 Å². The first kappa shape index (κ1) is 22.3. The lowest BCUT2D eigenvalue weighted by Gasteiger charge is -2.08. The van der Waals surface area contributed by atoms with E-state index in [0.717, 1.165) is 5.56 Å². The Morgan fingerprint density at radius 2 is 1.57 bits per heavy atom. The minimum atomic E-state index is -3.16. The molecule has 0 saturated heterocycles. The van der Waals surface area contributed by atoms with Crippen LogP contribution in [0.3, 0.4) is 0 Å². The Labute approximate surface area is 188 Å². The summed E-state index contributed by atoms with van der Waals surface area (Å²) in [5, 5.41) is 8.05. The van der Waals surface area contributed by atoms with Crippen LogP contribution in [-0.4, -0.2) is 26.4 Å². The van der Waals surface area contributed by atoms with E-state index in [1.807, 2.05) is 0 Å². The number of carbonyl (C=O) groups excluding carboxylic acids is 1. The molecule has 0 unspecified atom stereocenters. The zero-order chi connectivity index (χ0) is 21.7. The van der Waals surface area contributed by atoms with Crippen LogP contribution in [-0.2, 0) is 15.6 Å². The van der Waals surface area contributed by atoms with Gasteiger partial charge in [0.1, 0.15) is 5.71 Å². The van der Waals surface area contributed by atoms with Crippen molar-refractivity contribution >= 4 is 61.8 Å². The molecule has 3 aromatic rings. The van der Waals surface area contributed by atoms with Gasteiger partial charge >= 0.3 is 6.03 Å². The molecule has 2 aromatic carbocycles. The molecule has 30 heavy (non-hydrogen) atoms. The van der Waals surface area contributed by atoms with E-state index in [9.17, 15) is 13.2 Å². The van der Waals surface area contributed by atoms with Crippen molar-refractivity contribution in [3.63, 3.8) is 0 Å². The first-order valence-electron chi connectivity index (χ1n) is 8.62. The maximum absolute atomic E-state index is 12.3. The first-order valence-corrected chi connectivity index (χ1v) is 12.3. The Balaban J connectivity index is 1.85. The molecule has 0 bridgehead atoms. The number of urea groups is 1. The Hall–Kier alpha value is -2.39. The molecule has 0 atom stereocenters. The minimum Gasteiger partial charge on any atom is -0.307 e. The van der Waals surface area contributed by atoms with Gasteiger partial charge in [-0.15, -0.1) is 11.3 Å². The lowest BCUT2D eigenvalue weighted by molar-refractivity contribution is 0.252. The highest BCUT2D eigenvalue weighted by Gasteiger charge is 2.14. The molecule has 0 fully saturated rings. The van der Waals surface area contributed by atoms with E-state index in [1.165, 1.54) is 17.6 Å². The van der Waals surface area contributed by atoms with Crippen molar-refractivity contribution in [1.29, 1.82) is 0 Å². The highest BCUT2D eigenvalue weighted by atomic mass is 35.5. The van der Waals surface area contributed by atoms with Crippen LogP contribution in [0.2, 0.25) is 10.0 Å². The van der Waals surface area contributed by atoms with Crippen LogP contribution in [0.5, 0.6) is 0 Å². The van der Waals surface area contributed by atoms with Gasteiger partial charge in [-0.1, -0.05) is 35.3 Å². The van der Waals surface area contributed by atoms with Gasteiger partial charge in [-0.05, 0) is 48.5 Å². The molecule has 0 aliphatic carbocycles. The lowest BCUT2D eigenvalue weighted by Crippen LogP contribution is -2.25. The summed E-state index contributed by atoms with van der Waals surface area (Å²) >= 11 is 13.1. The third-order valence-electron chi connectivity index (χ3n) is 3.79. The molecule has 0 aliphatic rings. The molecule has 1 aromatic heterocycles. The Kier molecular flexibility index (Phi) is 7.14. The van der Waals surface area contributed by atoms with E-state index in [-0.39, 0.29) is 5.75 Å². The average Bonchev–Trinajstić information content (AvgIpc) is 3.11.